The maximum Gasteiger partial charge on any atom is 0.338 e. The molecule has 3 aromatic carbocycles. The Hall–Kier alpha value is -4.45. The fraction of sp³-hybridized carbons (Fsp3) is 0.138. The first-order chi connectivity index (χ1) is 17.0. The van der Waals surface area contributed by atoms with Gasteiger partial charge >= 0.3 is 5.97 Å². The van der Waals surface area contributed by atoms with E-state index in [0.717, 1.165) is 5.56 Å². The summed E-state index contributed by atoms with van der Waals surface area (Å²) in [6.45, 7) is 1.82. The van der Waals surface area contributed by atoms with Crippen LogP contribution in [0.15, 0.2) is 108 Å². The molecule has 0 saturated heterocycles. The molecular weight excluding hydrogens is 440 g/mol. The second-order valence-corrected chi connectivity index (χ2v) is 8.04. The molecule has 1 aliphatic heterocycles. The van der Waals surface area contributed by atoms with Gasteiger partial charge in [-0.15, -0.1) is 0 Å². The van der Waals surface area contributed by atoms with Crippen molar-refractivity contribution in [3.63, 3.8) is 0 Å². The maximum atomic E-state index is 13.9. The first kappa shape index (κ1) is 23.7. The SMILES string of the molecule is CCOC(=O)C1=C(N)N(c2ccccc2)C(=O)C(C(=O)/C=C/c2ccccc2)C1c1ccccc1. The summed E-state index contributed by atoms with van der Waals surface area (Å²) in [4.78, 5) is 42.0. The Morgan fingerprint density at radius 1 is 0.914 bits per heavy atom. The highest BCUT2D eigenvalue weighted by Gasteiger charge is 2.48. The third-order valence-electron chi connectivity index (χ3n) is 5.86. The molecule has 35 heavy (non-hydrogen) atoms. The average Bonchev–Trinajstić information content (AvgIpc) is 2.89. The number of amides is 1. The van der Waals surface area contributed by atoms with Gasteiger partial charge in [-0.25, -0.2) is 4.79 Å². The average molecular weight is 467 g/mol. The van der Waals surface area contributed by atoms with Gasteiger partial charge in [0.25, 0.3) is 0 Å². The zero-order chi connectivity index (χ0) is 24.8. The molecule has 1 amide bonds. The van der Waals surface area contributed by atoms with E-state index in [9.17, 15) is 14.4 Å². The molecule has 0 aliphatic carbocycles. The second-order valence-electron chi connectivity index (χ2n) is 8.04. The van der Waals surface area contributed by atoms with Crippen LogP contribution in [-0.4, -0.2) is 24.3 Å². The van der Waals surface area contributed by atoms with E-state index in [1.807, 2.05) is 42.5 Å². The van der Waals surface area contributed by atoms with Crippen LogP contribution in [0.4, 0.5) is 5.69 Å². The highest BCUT2D eigenvalue weighted by molar-refractivity contribution is 6.18. The standard InChI is InChI=1S/C29H26N2O4/c1-2-35-29(34)26-24(21-14-8-4-9-15-21)25(23(32)19-18-20-12-6-3-7-13-20)28(33)31(27(26)30)22-16-10-5-11-17-22/h3-19,24-25H,2,30H2,1H3/b19-18+. The van der Waals surface area contributed by atoms with Crippen molar-refractivity contribution < 1.29 is 19.1 Å². The second kappa shape index (κ2) is 10.7. The van der Waals surface area contributed by atoms with Crippen LogP contribution in [0, 0.1) is 5.92 Å². The number of esters is 1. The largest absolute Gasteiger partial charge is 0.463 e. The van der Waals surface area contributed by atoms with Crippen molar-refractivity contribution in [2.75, 3.05) is 11.5 Å². The third kappa shape index (κ3) is 4.92. The van der Waals surface area contributed by atoms with Crippen molar-refractivity contribution >= 4 is 29.4 Å². The Kier molecular flexibility index (Phi) is 7.21. The lowest BCUT2D eigenvalue weighted by atomic mass is 9.74. The van der Waals surface area contributed by atoms with Crippen LogP contribution in [0.2, 0.25) is 0 Å². The molecule has 2 unspecified atom stereocenters. The Morgan fingerprint density at radius 3 is 2.09 bits per heavy atom. The summed E-state index contributed by atoms with van der Waals surface area (Å²) in [6.07, 6.45) is 3.05. The Labute approximate surface area is 204 Å². The van der Waals surface area contributed by atoms with Crippen molar-refractivity contribution in [2.24, 2.45) is 11.7 Å². The lowest BCUT2D eigenvalue weighted by Gasteiger charge is -2.38. The Bertz CT molecular complexity index is 1270. The number of para-hydroxylation sites is 1. The number of benzene rings is 3. The molecular formula is C29H26N2O4. The smallest absolute Gasteiger partial charge is 0.338 e. The lowest BCUT2D eigenvalue weighted by molar-refractivity contribution is -0.139. The number of allylic oxidation sites excluding steroid dienone is 1. The molecule has 2 atom stereocenters. The Morgan fingerprint density at radius 2 is 1.49 bits per heavy atom. The quantitative estimate of drug-likeness (QED) is 0.316. The maximum absolute atomic E-state index is 13.9. The topological polar surface area (TPSA) is 89.7 Å². The summed E-state index contributed by atoms with van der Waals surface area (Å²) in [5.41, 5.74) is 8.49. The van der Waals surface area contributed by atoms with E-state index in [4.69, 9.17) is 10.5 Å². The van der Waals surface area contributed by atoms with E-state index in [2.05, 4.69) is 0 Å². The van der Waals surface area contributed by atoms with Crippen LogP contribution < -0.4 is 10.6 Å². The third-order valence-corrected chi connectivity index (χ3v) is 5.86. The fourth-order valence-electron chi connectivity index (χ4n) is 4.28. The van der Waals surface area contributed by atoms with Gasteiger partial charge in [0.05, 0.1) is 17.9 Å². The molecule has 6 heteroatoms. The number of hydrogen-bond donors (Lipinski definition) is 1. The van der Waals surface area contributed by atoms with Crippen LogP contribution in [0.1, 0.15) is 24.0 Å². The van der Waals surface area contributed by atoms with Crippen LogP contribution in [0.5, 0.6) is 0 Å². The molecule has 0 spiro atoms. The fourth-order valence-corrected chi connectivity index (χ4v) is 4.28. The Balaban J connectivity index is 1.89. The van der Waals surface area contributed by atoms with Gasteiger partial charge in [-0.1, -0.05) is 84.9 Å². The molecule has 6 nitrogen and oxygen atoms in total. The normalized spacial score (nSPS) is 18.1. The predicted octanol–water partition coefficient (Wildman–Crippen LogP) is 4.45. The lowest BCUT2D eigenvalue weighted by Crippen LogP contribution is -2.50. The molecule has 4 rings (SSSR count). The van der Waals surface area contributed by atoms with E-state index < -0.39 is 29.5 Å². The van der Waals surface area contributed by atoms with Gasteiger partial charge in [-0.3, -0.25) is 14.5 Å². The van der Waals surface area contributed by atoms with Crippen LogP contribution in [0.25, 0.3) is 6.08 Å². The van der Waals surface area contributed by atoms with Gasteiger partial charge in [0.2, 0.25) is 5.91 Å². The molecule has 0 radical (unpaired) electrons. The summed E-state index contributed by atoms with van der Waals surface area (Å²) >= 11 is 0. The summed E-state index contributed by atoms with van der Waals surface area (Å²) < 4.78 is 5.34. The predicted molar refractivity (Wildman–Crippen MR) is 135 cm³/mol. The minimum absolute atomic E-state index is 0.0374. The number of rotatable bonds is 7. The first-order valence-corrected chi connectivity index (χ1v) is 11.4. The van der Waals surface area contributed by atoms with Crippen molar-refractivity contribution in [2.45, 2.75) is 12.8 Å². The molecule has 0 aromatic heterocycles. The van der Waals surface area contributed by atoms with Crippen molar-refractivity contribution in [1.82, 2.24) is 0 Å². The number of carbonyl (C=O) groups excluding carboxylic acids is 3. The van der Waals surface area contributed by atoms with E-state index in [1.54, 1.807) is 61.5 Å². The number of hydrogen-bond acceptors (Lipinski definition) is 5. The molecule has 1 aliphatic rings. The number of nitrogens with zero attached hydrogens (tertiary/aromatic N) is 1. The number of anilines is 1. The van der Waals surface area contributed by atoms with Crippen LogP contribution in [0.3, 0.4) is 0 Å². The molecule has 176 valence electrons. The van der Waals surface area contributed by atoms with Crippen molar-refractivity contribution in [3.8, 4) is 0 Å². The van der Waals surface area contributed by atoms with Crippen LogP contribution in [-0.2, 0) is 19.1 Å². The molecule has 2 N–H and O–H groups in total. The molecule has 0 fully saturated rings. The molecule has 0 saturated carbocycles. The van der Waals surface area contributed by atoms with E-state index in [-0.39, 0.29) is 18.0 Å². The number of carbonyl (C=O) groups is 3. The summed E-state index contributed by atoms with van der Waals surface area (Å²) in [6, 6.07) is 27.0. The van der Waals surface area contributed by atoms with Gasteiger partial charge in [0, 0.05) is 5.92 Å². The zero-order valence-corrected chi connectivity index (χ0v) is 19.3. The highest BCUT2D eigenvalue weighted by atomic mass is 16.5. The summed E-state index contributed by atoms with van der Waals surface area (Å²) in [7, 11) is 0. The van der Waals surface area contributed by atoms with E-state index >= 15 is 0 Å². The van der Waals surface area contributed by atoms with E-state index in [0.29, 0.717) is 11.3 Å². The number of ether oxygens (including phenoxy) is 1. The number of ketones is 1. The van der Waals surface area contributed by atoms with Gasteiger partial charge in [-0.05, 0) is 36.3 Å². The monoisotopic (exact) mass is 466 g/mol. The van der Waals surface area contributed by atoms with Gasteiger partial charge in [0.15, 0.2) is 5.78 Å². The van der Waals surface area contributed by atoms with Gasteiger partial charge in [-0.2, -0.15) is 0 Å². The van der Waals surface area contributed by atoms with Crippen molar-refractivity contribution in [3.05, 3.63) is 120 Å². The van der Waals surface area contributed by atoms with Crippen LogP contribution >= 0.6 is 0 Å². The zero-order valence-electron chi connectivity index (χ0n) is 19.3. The summed E-state index contributed by atoms with van der Waals surface area (Å²) in [5.74, 6) is -3.72. The van der Waals surface area contributed by atoms with E-state index in [1.165, 1.54) is 11.0 Å². The molecule has 0 bridgehead atoms. The van der Waals surface area contributed by atoms with Crippen molar-refractivity contribution in [1.29, 1.82) is 0 Å². The summed E-state index contributed by atoms with van der Waals surface area (Å²) in [5, 5.41) is 0. The van der Waals surface area contributed by atoms with Gasteiger partial charge < -0.3 is 10.5 Å². The van der Waals surface area contributed by atoms with Gasteiger partial charge in [0.1, 0.15) is 11.7 Å². The molecule has 1 heterocycles. The minimum Gasteiger partial charge on any atom is -0.463 e. The highest BCUT2D eigenvalue weighted by Crippen LogP contribution is 2.42. The number of nitrogens with two attached hydrogens (primary N) is 1. The molecule has 3 aromatic rings. The first-order valence-electron chi connectivity index (χ1n) is 11.4. The minimum atomic E-state index is -1.20.